The Kier molecular flexibility index (Phi) is 14.4. The summed E-state index contributed by atoms with van der Waals surface area (Å²) in [6.07, 6.45) is 2.63. The highest BCUT2D eigenvalue weighted by atomic mass is 16.7. The van der Waals surface area contributed by atoms with Gasteiger partial charge in [0.1, 0.15) is 5.75 Å². The highest BCUT2D eigenvalue weighted by Gasteiger charge is 2.41. The Bertz CT molecular complexity index is 2320. The zero-order valence-corrected chi connectivity index (χ0v) is 34.4. The van der Waals surface area contributed by atoms with Gasteiger partial charge in [-0.05, 0) is 84.5 Å². The number of unbranched alkanes of at least 4 members (excludes halogenated alkanes) is 1. The smallest absolute Gasteiger partial charge is 0.430 e. The summed E-state index contributed by atoms with van der Waals surface area (Å²) in [5.74, 6) is 0.961. The summed E-state index contributed by atoms with van der Waals surface area (Å²) in [5, 5.41) is 30.5. The van der Waals surface area contributed by atoms with Crippen LogP contribution < -0.4 is 27.0 Å². The monoisotopic (exact) mass is 829 g/mol. The van der Waals surface area contributed by atoms with Gasteiger partial charge in [-0.2, -0.15) is 0 Å². The molecule has 0 bridgehead atoms. The first-order valence-electron chi connectivity index (χ1n) is 21.1. The molecule has 320 valence electrons. The van der Waals surface area contributed by atoms with Gasteiger partial charge in [-0.1, -0.05) is 66.7 Å². The number of aromatic amines is 1. The maximum absolute atomic E-state index is 12.9. The summed E-state index contributed by atoms with van der Waals surface area (Å²) < 4.78 is 0. The molecular formula is C47H55N7O7. The molecule has 2 aliphatic rings. The minimum Gasteiger partial charge on any atom is -0.506 e. The number of H-pyrrole nitrogens is 1. The molecular weight excluding hydrogens is 775 g/mol. The number of nitrogens with zero attached hydrogens (tertiary/aromatic N) is 2. The number of amides is 3. The van der Waals surface area contributed by atoms with Crippen molar-refractivity contribution in [2.45, 2.75) is 57.2 Å². The van der Waals surface area contributed by atoms with E-state index in [1.807, 2.05) is 85.9 Å². The third kappa shape index (κ3) is 11.6. The molecule has 0 radical (unpaired) electrons. The molecule has 3 amide bonds. The number of benzene rings is 4. The van der Waals surface area contributed by atoms with Crippen molar-refractivity contribution in [1.82, 2.24) is 25.6 Å². The second-order valence-electron chi connectivity index (χ2n) is 16.2. The maximum Gasteiger partial charge on any atom is 0.430 e. The van der Waals surface area contributed by atoms with Gasteiger partial charge in [0.05, 0.1) is 17.3 Å². The summed E-state index contributed by atoms with van der Waals surface area (Å²) in [4.78, 5) is 62.1. The van der Waals surface area contributed by atoms with Crippen LogP contribution in [0.4, 0.5) is 16.2 Å². The van der Waals surface area contributed by atoms with E-state index >= 15 is 0 Å². The number of carbonyl (C=O) groups excluding carboxylic acids is 3. The number of phenolic OH excluding ortho intramolecular Hbond substituents is 1. The van der Waals surface area contributed by atoms with Crippen molar-refractivity contribution in [3.63, 3.8) is 0 Å². The van der Waals surface area contributed by atoms with Crippen molar-refractivity contribution >= 4 is 40.2 Å². The number of aliphatic hydroxyl groups excluding tert-OH is 1. The van der Waals surface area contributed by atoms with Crippen molar-refractivity contribution < 1.29 is 29.4 Å². The van der Waals surface area contributed by atoms with E-state index in [0.29, 0.717) is 78.6 Å². The highest BCUT2D eigenvalue weighted by molar-refractivity contribution is 5.92. The van der Waals surface area contributed by atoms with Gasteiger partial charge in [0.2, 0.25) is 17.4 Å². The van der Waals surface area contributed by atoms with Crippen LogP contribution in [0.2, 0.25) is 0 Å². The number of phenols is 1. The van der Waals surface area contributed by atoms with E-state index in [9.17, 15) is 29.4 Å². The molecule has 7 N–H and O–H groups in total. The van der Waals surface area contributed by atoms with Crippen molar-refractivity contribution in [3.8, 4) is 16.9 Å². The number of aromatic nitrogens is 1. The van der Waals surface area contributed by atoms with Crippen LogP contribution in [0.25, 0.3) is 22.0 Å². The molecule has 14 heteroatoms. The predicted octanol–water partition coefficient (Wildman–Crippen LogP) is 6.14. The number of rotatable bonds is 18. The number of carbonyl (C=O) groups is 3. The predicted molar refractivity (Wildman–Crippen MR) is 236 cm³/mol. The Morgan fingerprint density at radius 3 is 2.38 bits per heavy atom. The van der Waals surface area contributed by atoms with E-state index in [4.69, 9.17) is 4.84 Å². The SMILES string of the molecule is CN(CCCCC(=O)Nc1ccc(CNC[C@H](O)c2ccc(O)c3[nH]c(=O)ccc23)cc1)C(=O)CCN1CC2CC(NOC(=O)Nc3ccccc3-c3ccccc3)CC2C1. The second-order valence-corrected chi connectivity index (χ2v) is 16.2. The number of fused-ring (bicyclic) bond motifs is 2. The van der Waals surface area contributed by atoms with Crippen molar-refractivity contribution in [1.29, 1.82) is 0 Å². The lowest BCUT2D eigenvalue weighted by atomic mass is 10.0. The molecule has 3 atom stereocenters. The minimum absolute atomic E-state index is 0.0555. The Hall–Kier alpha value is -6.06. The molecule has 1 aromatic heterocycles. The topological polar surface area (TPSA) is 188 Å². The van der Waals surface area contributed by atoms with Crippen molar-refractivity contribution in [2.24, 2.45) is 11.8 Å². The standard InChI is InChI=1S/C47H55N7O7/c1-53(23-8-7-13-43(57)49-35-16-14-31(15-17-35)27-48-28-42(56)38-18-20-41(55)46-39(38)19-21-44(58)51-46)45(59)22-24-54-29-33-25-36(26-34(33)30-54)52-61-47(60)50-40-12-6-5-11-37(40)32-9-3-2-4-10-32/h2-6,9-12,14-21,33-34,36,42,48,52,55-56H,7-8,13,22-30H2,1H3,(H,49,57)(H,50,60)(H,51,58)/t33?,34?,36?,42-/m0/s1. The fourth-order valence-corrected chi connectivity index (χ4v) is 8.56. The molecule has 1 saturated carbocycles. The highest BCUT2D eigenvalue weighted by Crippen LogP contribution is 2.38. The zero-order chi connectivity index (χ0) is 42.7. The minimum atomic E-state index is -0.860. The molecule has 7 rings (SSSR count). The molecule has 1 aliphatic heterocycles. The molecule has 14 nitrogen and oxygen atoms in total. The largest absolute Gasteiger partial charge is 0.506 e. The molecule has 2 heterocycles. The first-order valence-corrected chi connectivity index (χ1v) is 21.1. The summed E-state index contributed by atoms with van der Waals surface area (Å²) in [6.45, 7) is 3.92. The Morgan fingerprint density at radius 2 is 1.61 bits per heavy atom. The Balaban J connectivity index is 0.728. The van der Waals surface area contributed by atoms with E-state index in [2.05, 4.69) is 31.3 Å². The average molecular weight is 830 g/mol. The van der Waals surface area contributed by atoms with Crippen molar-refractivity contribution in [3.05, 3.63) is 125 Å². The Labute approximate surface area is 355 Å². The molecule has 0 spiro atoms. The van der Waals surface area contributed by atoms with Gasteiger partial charge in [0.25, 0.3) is 0 Å². The first-order chi connectivity index (χ1) is 29.6. The number of hydroxylamine groups is 1. The van der Waals surface area contributed by atoms with E-state index < -0.39 is 12.2 Å². The van der Waals surface area contributed by atoms with Gasteiger partial charge in [-0.3, -0.25) is 19.7 Å². The Morgan fingerprint density at radius 1 is 0.869 bits per heavy atom. The molecule has 2 fully saturated rings. The van der Waals surface area contributed by atoms with Gasteiger partial charge in [-0.25, -0.2) is 4.79 Å². The quantitative estimate of drug-likeness (QED) is 0.0399. The molecule has 61 heavy (non-hydrogen) atoms. The van der Waals surface area contributed by atoms with E-state index in [1.54, 1.807) is 17.0 Å². The number of pyridine rings is 1. The van der Waals surface area contributed by atoms with Gasteiger partial charge < -0.3 is 40.5 Å². The van der Waals surface area contributed by atoms with Gasteiger partial charge in [0, 0.05) is 87.9 Å². The molecule has 5 aromatic rings. The lowest BCUT2D eigenvalue weighted by molar-refractivity contribution is -0.130. The van der Waals surface area contributed by atoms with Crippen LogP contribution in [0, 0.1) is 11.8 Å². The van der Waals surface area contributed by atoms with Gasteiger partial charge in [0.15, 0.2) is 0 Å². The van der Waals surface area contributed by atoms with Crippen LogP contribution >= 0.6 is 0 Å². The summed E-state index contributed by atoms with van der Waals surface area (Å²) in [5.41, 5.74) is 7.84. The van der Waals surface area contributed by atoms with Crippen LogP contribution in [-0.4, -0.2) is 88.7 Å². The second kappa shape index (κ2) is 20.5. The summed E-state index contributed by atoms with van der Waals surface area (Å²) >= 11 is 0. The van der Waals surface area contributed by atoms with Gasteiger partial charge in [-0.15, -0.1) is 5.48 Å². The molecule has 2 unspecified atom stereocenters. The summed E-state index contributed by atoms with van der Waals surface area (Å²) in [7, 11) is 1.82. The zero-order valence-electron chi connectivity index (χ0n) is 34.4. The average Bonchev–Trinajstić information content (AvgIpc) is 3.84. The number of hydrogen-bond acceptors (Lipinski definition) is 10. The third-order valence-corrected chi connectivity index (χ3v) is 11.8. The number of aliphatic hydroxyl groups is 1. The van der Waals surface area contributed by atoms with E-state index in [-0.39, 0.29) is 35.7 Å². The molecule has 1 aliphatic carbocycles. The number of nitrogens with one attached hydrogen (secondary N) is 5. The molecule has 1 saturated heterocycles. The van der Waals surface area contributed by atoms with Crippen molar-refractivity contribution in [2.75, 3.05) is 50.4 Å². The van der Waals surface area contributed by atoms with Gasteiger partial charge >= 0.3 is 6.09 Å². The number of likely N-dealkylation sites (tertiary alicyclic amines) is 1. The number of anilines is 2. The van der Waals surface area contributed by atoms with E-state index in [0.717, 1.165) is 49.0 Å². The fourth-order valence-electron chi connectivity index (χ4n) is 8.56. The number of aromatic hydroxyl groups is 1. The van der Waals surface area contributed by atoms with Crippen LogP contribution in [0.15, 0.2) is 108 Å². The fraction of sp³-hybridized carbons (Fsp3) is 0.362. The lowest BCUT2D eigenvalue weighted by Crippen LogP contribution is -2.35. The van der Waals surface area contributed by atoms with Crippen LogP contribution in [0.3, 0.4) is 0 Å². The number of hydrogen-bond donors (Lipinski definition) is 7. The van der Waals surface area contributed by atoms with Crippen LogP contribution in [-0.2, 0) is 21.0 Å². The normalized spacial score (nSPS) is 17.8. The third-order valence-electron chi connectivity index (χ3n) is 11.8. The number of para-hydroxylation sites is 1. The molecule has 4 aromatic carbocycles. The summed E-state index contributed by atoms with van der Waals surface area (Å²) in [6, 6.07) is 31.2. The van der Waals surface area contributed by atoms with E-state index in [1.165, 1.54) is 12.1 Å². The van der Waals surface area contributed by atoms with Crippen LogP contribution in [0.1, 0.15) is 55.8 Å². The lowest BCUT2D eigenvalue weighted by Gasteiger charge is -2.21. The van der Waals surface area contributed by atoms with Crippen LogP contribution in [0.5, 0.6) is 5.75 Å². The first kappa shape index (κ1) is 43.0. The maximum atomic E-state index is 12.9.